The summed E-state index contributed by atoms with van der Waals surface area (Å²) >= 11 is 2.89. The number of nitrogens with one attached hydrogen (secondary N) is 1. The van der Waals surface area contributed by atoms with Gasteiger partial charge in [-0.05, 0) is 31.5 Å². The number of oxazole rings is 1. The quantitative estimate of drug-likeness (QED) is 0.664. The molecule has 0 bridgehead atoms. The molecule has 0 radical (unpaired) electrons. The molecule has 3 aromatic rings. The fourth-order valence-corrected chi connectivity index (χ4v) is 4.08. The van der Waals surface area contributed by atoms with Crippen LogP contribution in [0.4, 0.5) is 5.00 Å². The van der Waals surface area contributed by atoms with Gasteiger partial charge in [0.05, 0.1) is 17.0 Å². The number of amides is 1. The molecule has 0 aliphatic heterocycles. The number of rotatable bonds is 6. The Morgan fingerprint density at radius 3 is 2.85 bits per heavy atom. The average molecular weight is 383 g/mol. The number of anilines is 1. The lowest BCUT2D eigenvalue weighted by atomic mass is 10.2. The second kappa shape index (κ2) is 8.21. The summed E-state index contributed by atoms with van der Waals surface area (Å²) in [7, 11) is 0. The summed E-state index contributed by atoms with van der Waals surface area (Å²) in [5, 5.41) is 12.7. The zero-order chi connectivity index (χ0) is 18.5. The highest BCUT2D eigenvalue weighted by molar-refractivity contribution is 7.99. The van der Waals surface area contributed by atoms with Gasteiger partial charge in [0.2, 0.25) is 11.8 Å². The third-order valence-electron chi connectivity index (χ3n) is 3.81. The van der Waals surface area contributed by atoms with Crippen molar-refractivity contribution < 1.29 is 9.21 Å². The number of thiophene rings is 1. The number of nitriles is 1. The lowest BCUT2D eigenvalue weighted by Crippen LogP contribution is -2.14. The van der Waals surface area contributed by atoms with Crippen LogP contribution in [-0.4, -0.2) is 16.6 Å². The fourth-order valence-electron chi connectivity index (χ4n) is 2.35. The molecule has 132 valence electrons. The third kappa shape index (κ3) is 4.15. The van der Waals surface area contributed by atoms with E-state index in [0.717, 1.165) is 21.7 Å². The molecule has 7 heteroatoms. The molecule has 3 rings (SSSR count). The van der Waals surface area contributed by atoms with Gasteiger partial charge in [0, 0.05) is 16.2 Å². The minimum Gasteiger partial charge on any atom is -0.444 e. The normalized spacial score (nSPS) is 10.5. The van der Waals surface area contributed by atoms with Gasteiger partial charge in [0.1, 0.15) is 17.3 Å². The van der Waals surface area contributed by atoms with Gasteiger partial charge < -0.3 is 9.73 Å². The first kappa shape index (κ1) is 18.2. The van der Waals surface area contributed by atoms with E-state index in [4.69, 9.17) is 4.42 Å². The number of carbonyl (C=O) groups excluding carboxylic acids is 1. The summed E-state index contributed by atoms with van der Waals surface area (Å²) in [5.41, 5.74) is 3.20. The third-order valence-corrected chi connectivity index (χ3v) is 5.89. The molecule has 0 spiro atoms. The molecule has 1 amide bonds. The Hall–Kier alpha value is -2.56. The van der Waals surface area contributed by atoms with E-state index in [2.05, 4.69) is 16.4 Å². The van der Waals surface area contributed by atoms with Crippen LogP contribution < -0.4 is 5.32 Å². The molecular weight excluding hydrogens is 366 g/mol. The van der Waals surface area contributed by atoms with E-state index in [1.54, 1.807) is 6.26 Å². The second-order valence-corrected chi connectivity index (χ2v) is 7.86. The van der Waals surface area contributed by atoms with Gasteiger partial charge in [-0.15, -0.1) is 23.1 Å². The van der Waals surface area contributed by atoms with Crippen LogP contribution in [0.5, 0.6) is 0 Å². The smallest absolute Gasteiger partial charge is 0.235 e. The highest BCUT2D eigenvalue weighted by Gasteiger charge is 2.15. The standard InChI is InChI=1S/C19H17N3O2S2/c1-12-13(2)26-19(16(12)8-20)22-17(23)11-25-10-15-9-24-18(21-15)14-6-4-3-5-7-14/h3-7,9H,10-11H2,1-2H3,(H,22,23). The Morgan fingerprint density at radius 1 is 1.35 bits per heavy atom. The van der Waals surface area contributed by atoms with Crippen molar-refractivity contribution in [3.05, 3.63) is 58.3 Å². The molecule has 2 heterocycles. The Morgan fingerprint density at radius 2 is 2.12 bits per heavy atom. The largest absolute Gasteiger partial charge is 0.444 e. The second-order valence-electron chi connectivity index (χ2n) is 5.65. The molecule has 1 aromatic carbocycles. The number of aromatic nitrogens is 1. The van der Waals surface area contributed by atoms with Gasteiger partial charge >= 0.3 is 0 Å². The monoisotopic (exact) mass is 383 g/mol. The number of nitrogens with zero attached hydrogens (tertiary/aromatic N) is 2. The van der Waals surface area contributed by atoms with E-state index >= 15 is 0 Å². The van der Waals surface area contributed by atoms with E-state index in [1.807, 2.05) is 44.2 Å². The fraction of sp³-hybridized carbons (Fsp3) is 0.211. The Balaban J connectivity index is 1.53. The van der Waals surface area contributed by atoms with Gasteiger partial charge in [0.15, 0.2) is 0 Å². The molecule has 0 aliphatic carbocycles. The Kier molecular flexibility index (Phi) is 5.76. The summed E-state index contributed by atoms with van der Waals surface area (Å²) in [4.78, 5) is 17.6. The van der Waals surface area contributed by atoms with Gasteiger partial charge in [0.25, 0.3) is 0 Å². The first-order chi connectivity index (χ1) is 12.6. The summed E-state index contributed by atoms with van der Waals surface area (Å²) < 4.78 is 5.49. The molecule has 0 unspecified atom stereocenters. The topological polar surface area (TPSA) is 78.9 Å². The average Bonchev–Trinajstić information content (AvgIpc) is 3.21. The number of carbonyl (C=O) groups is 1. The molecular formula is C19H17N3O2S2. The van der Waals surface area contributed by atoms with Crippen molar-refractivity contribution in [2.45, 2.75) is 19.6 Å². The van der Waals surface area contributed by atoms with Crippen LogP contribution in [0.15, 0.2) is 41.0 Å². The maximum Gasteiger partial charge on any atom is 0.235 e. The minimum absolute atomic E-state index is 0.125. The lowest BCUT2D eigenvalue weighted by Gasteiger charge is -2.02. The molecule has 2 aromatic heterocycles. The van der Waals surface area contributed by atoms with Crippen LogP contribution >= 0.6 is 23.1 Å². The van der Waals surface area contributed by atoms with Crippen LogP contribution in [0, 0.1) is 25.2 Å². The first-order valence-corrected chi connectivity index (χ1v) is 9.93. The first-order valence-electron chi connectivity index (χ1n) is 7.96. The van der Waals surface area contributed by atoms with E-state index in [9.17, 15) is 10.1 Å². The minimum atomic E-state index is -0.125. The van der Waals surface area contributed by atoms with Crippen LogP contribution in [0.25, 0.3) is 11.5 Å². The number of benzene rings is 1. The summed E-state index contributed by atoms with van der Waals surface area (Å²) in [5.74, 6) is 1.32. The van der Waals surface area contributed by atoms with Gasteiger partial charge in [-0.1, -0.05) is 18.2 Å². The van der Waals surface area contributed by atoms with E-state index in [0.29, 0.717) is 22.2 Å². The highest BCUT2D eigenvalue weighted by atomic mass is 32.2. The van der Waals surface area contributed by atoms with Crippen molar-refractivity contribution in [2.24, 2.45) is 0 Å². The lowest BCUT2D eigenvalue weighted by molar-refractivity contribution is -0.113. The number of hydrogen-bond acceptors (Lipinski definition) is 6. The van der Waals surface area contributed by atoms with Crippen molar-refractivity contribution in [2.75, 3.05) is 11.1 Å². The van der Waals surface area contributed by atoms with Crippen molar-refractivity contribution in [1.82, 2.24) is 4.98 Å². The molecule has 0 saturated carbocycles. The van der Waals surface area contributed by atoms with Gasteiger partial charge in [-0.2, -0.15) is 5.26 Å². The van der Waals surface area contributed by atoms with Crippen molar-refractivity contribution in [3.8, 4) is 17.5 Å². The number of aryl methyl sites for hydroxylation is 1. The van der Waals surface area contributed by atoms with Crippen molar-refractivity contribution in [3.63, 3.8) is 0 Å². The summed E-state index contributed by atoms with van der Waals surface area (Å²) in [6, 6.07) is 11.8. The van der Waals surface area contributed by atoms with Crippen LogP contribution in [0.2, 0.25) is 0 Å². The maximum absolute atomic E-state index is 12.1. The zero-order valence-corrected chi connectivity index (χ0v) is 16.0. The highest BCUT2D eigenvalue weighted by Crippen LogP contribution is 2.31. The van der Waals surface area contributed by atoms with Gasteiger partial charge in [-0.3, -0.25) is 4.79 Å². The van der Waals surface area contributed by atoms with Crippen molar-refractivity contribution >= 4 is 34.0 Å². The molecule has 26 heavy (non-hydrogen) atoms. The summed E-state index contributed by atoms with van der Waals surface area (Å²) in [6.45, 7) is 3.84. The van der Waals surface area contributed by atoms with Crippen LogP contribution in [0.3, 0.4) is 0 Å². The molecule has 0 atom stereocenters. The van der Waals surface area contributed by atoms with E-state index in [1.165, 1.54) is 23.1 Å². The molecule has 1 N–H and O–H groups in total. The van der Waals surface area contributed by atoms with Gasteiger partial charge in [-0.25, -0.2) is 4.98 Å². The van der Waals surface area contributed by atoms with Crippen LogP contribution in [0.1, 0.15) is 21.7 Å². The predicted molar refractivity (Wildman–Crippen MR) is 105 cm³/mol. The Bertz CT molecular complexity index is 955. The SMILES string of the molecule is Cc1sc(NC(=O)CSCc2coc(-c3ccccc3)n2)c(C#N)c1C. The molecule has 0 saturated heterocycles. The van der Waals surface area contributed by atoms with Crippen LogP contribution in [-0.2, 0) is 10.5 Å². The molecule has 5 nitrogen and oxygen atoms in total. The maximum atomic E-state index is 12.1. The number of hydrogen-bond donors (Lipinski definition) is 1. The van der Waals surface area contributed by atoms with E-state index in [-0.39, 0.29) is 11.7 Å². The Labute approximate surface area is 160 Å². The predicted octanol–water partition coefficient (Wildman–Crippen LogP) is 4.76. The molecule has 0 fully saturated rings. The van der Waals surface area contributed by atoms with Crippen molar-refractivity contribution in [1.29, 1.82) is 5.26 Å². The van der Waals surface area contributed by atoms with E-state index < -0.39 is 0 Å². The molecule has 0 aliphatic rings. The number of thioether (sulfide) groups is 1. The zero-order valence-electron chi connectivity index (χ0n) is 14.4. The summed E-state index contributed by atoms with van der Waals surface area (Å²) in [6.07, 6.45) is 1.62.